The van der Waals surface area contributed by atoms with E-state index in [-0.39, 0.29) is 12.5 Å². The number of nitrogens with one attached hydrogen (secondary N) is 2. The van der Waals surface area contributed by atoms with E-state index in [9.17, 15) is 4.79 Å². The van der Waals surface area contributed by atoms with Gasteiger partial charge in [-0.25, -0.2) is 0 Å². The second kappa shape index (κ2) is 10.4. The average molecular weight is 302 g/mol. The molecule has 5 nitrogen and oxygen atoms in total. The minimum Gasteiger partial charge on any atom is -0.350 e. The summed E-state index contributed by atoms with van der Waals surface area (Å²) in [6.07, 6.45) is 3.89. The van der Waals surface area contributed by atoms with Crippen molar-refractivity contribution in [2.24, 2.45) is 4.99 Å². The molecular formula is C17H26N4O. The molecule has 0 radical (unpaired) electrons. The van der Waals surface area contributed by atoms with Gasteiger partial charge in [-0.15, -0.1) is 6.58 Å². The Morgan fingerprint density at radius 3 is 2.68 bits per heavy atom. The fourth-order valence-electron chi connectivity index (χ4n) is 1.98. The molecule has 0 saturated carbocycles. The van der Waals surface area contributed by atoms with Crippen LogP contribution in [-0.4, -0.2) is 44.0 Å². The molecule has 0 aromatic heterocycles. The van der Waals surface area contributed by atoms with Gasteiger partial charge in [0.1, 0.15) is 0 Å². The molecule has 0 aliphatic rings. The van der Waals surface area contributed by atoms with Crippen LogP contribution in [0.3, 0.4) is 0 Å². The van der Waals surface area contributed by atoms with E-state index in [0.717, 1.165) is 30.9 Å². The zero-order chi connectivity index (χ0) is 16.2. The smallest absolute Gasteiger partial charge is 0.239 e. The Kier molecular flexibility index (Phi) is 8.42. The van der Waals surface area contributed by atoms with E-state index in [1.807, 2.05) is 48.4 Å². The highest BCUT2D eigenvalue weighted by molar-refractivity contribution is 5.86. The van der Waals surface area contributed by atoms with E-state index < -0.39 is 0 Å². The lowest BCUT2D eigenvalue weighted by Crippen LogP contribution is -2.44. The average Bonchev–Trinajstić information content (AvgIpc) is 2.54. The number of rotatable bonds is 8. The van der Waals surface area contributed by atoms with Crippen LogP contribution in [0.1, 0.15) is 18.4 Å². The molecule has 0 spiro atoms. The van der Waals surface area contributed by atoms with Crippen LogP contribution in [0.4, 0.5) is 0 Å². The van der Waals surface area contributed by atoms with E-state index >= 15 is 0 Å². The number of amides is 1. The van der Waals surface area contributed by atoms with Crippen molar-refractivity contribution in [2.45, 2.75) is 19.4 Å². The predicted molar refractivity (Wildman–Crippen MR) is 91.7 cm³/mol. The summed E-state index contributed by atoms with van der Waals surface area (Å²) >= 11 is 0. The van der Waals surface area contributed by atoms with Crippen molar-refractivity contribution < 1.29 is 4.79 Å². The molecule has 0 aliphatic carbocycles. The van der Waals surface area contributed by atoms with Gasteiger partial charge >= 0.3 is 0 Å². The molecule has 0 aliphatic heterocycles. The highest BCUT2D eigenvalue weighted by Crippen LogP contribution is 1.97. The molecular weight excluding hydrogens is 276 g/mol. The summed E-state index contributed by atoms with van der Waals surface area (Å²) < 4.78 is 0. The van der Waals surface area contributed by atoms with Crippen molar-refractivity contribution in [1.29, 1.82) is 0 Å². The molecule has 22 heavy (non-hydrogen) atoms. The lowest BCUT2D eigenvalue weighted by atomic mass is 10.2. The number of guanidine groups is 1. The molecule has 0 atom stereocenters. The van der Waals surface area contributed by atoms with Crippen LogP contribution < -0.4 is 10.6 Å². The van der Waals surface area contributed by atoms with Crippen LogP contribution in [0.5, 0.6) is 0 Å². The minimum absolute atomic E-state index is 0.0514. The van der Waals surface area contributed by atoms with Crippen LogP contribution in [0, 0.1) is 0 Å². The first-order chi connectivity index (χ1) is 10.7. The second-order valence-electron chi connectivity index (χ2n) is 5.02. The highest BCUT2D eigenvalue weighted by atomic mass is 16.1. The van der Waals surface area contributed by atoms with Crippen molar-refractivity contribution in [3.63, 3.8) is 0 Å². The van der Waals surface area contributed by atoms with Gasteiger partial charge in [-0.3, -0.25) is 9.79 Å². The Morgan fingerprint density at radius 1 is 1.32 bits per heavy atom. The van der Waals surface area contributed by atoms with Crippen molar-refractivity contribution in [3.05, 3.63) is 48.6 Å². The van der Waals surface area contributed by atoms with Gasteiger partial charge in [0.2, 0.25) is 5.91 Å². The van der Waals surface area contributed by atoms with Crippen molar-refractivity contribution >= 4 is 11.9 Å². The highest BCUT2D eigenvalue weighted by Gasteiger charge is 2.07. The number of carbonyl (C=O) groups is 1. The van der Waals surface area contributed by atoms with E-state index in [2.05, 4.69) is 22.2 Å². The van der Waals surface area contributed by atoms with E-state index in [1.165, 1.54) is 0 Å². The Hall–Kier alpha value is -2.30. The van der Waals surface area contributed by atoms with Gasteiger partial charge in [-0.2, -0.15) is 0 Å². The monoisotopic (exact) mass is 302 g/mol. The summed E-state index contributed by atoms with van der Waals surface area (Å²) in [5.41, 5.74) is 1.08. The zero-order valence-electron chi connectivity index (χ0n) is 13.5. The number of unbranched alkanes of at least 4 members (excludes halogenated alkanes) is 1. The van der Waals surface area contributed by atoms with Gasteiger partial charge in [-0.1, -0.05) is 36.4 Å². The number of carbonyl (C=O) groups excluding carboxylic acids is 1. The molecule has 1 aromatic carbocycles. The van der Waals surface area contributed by atoms with Crippen LogP contribution >= 0.6 is 0 Å². The lowest BCUT2D eigenvalue weighted by Gasteiger charge is -2.21. The van der Waals surface area contributed by atoms with Crippen LogP contribution in [-0.2, 0) is 11.3 Å². The molecule has 120 valence electrons. The Morgan fingerprint density at radius 2 is 2.05 bits per heavy atom. The molecule has 2 N–H and O–H groups in total. The summed E-state index contributed by atoms with van der Waals surface area (Å²) in [5.74, 6) is 0.670. The Balaban J connectivity index is 2.30. The number of hydrogen-bond donors (Lipinski definition) is 2. The van der Waals surface area contributed by atoms with E-state index in [4.69, 9.17) is 0 Å². The normalized spacial score (nSPS) is 10.9. The standard InChI is InChI=1S/C17H26N4O/c1-4-5-9-12-21(3)17(18-2)20-14-16(22)19-13-15-10-7-6-8-11-15/h4,6-8,10-11H,1,5,9,12-14H2,2-3H3,(H,18,20)(H,19,22). The van der Waals surface area contributed by atoms with E-state index in [1.54, 1.807) is 7.05 Å². The number of hydrogen-bond acceptors (Lipinski definition) is 2. The van der Waals surface area contributed by atoms with Crippen molar-refractivity contribution in [3.8, 4) is 0 Å². The quantitative estimate of drug-likeness (QED) is 0.333. The van der Waals surface area contributed by atoms with Crippen LogP contribution in [0.15, 0.2) is 48.0 Å². The predicted octanol–water partition coefficient (Wildman–Crippen LogP) is 1.78. The maximum atomic E-state index is 11.9. The van der Waals surface area contributed by atoms with Gasteiger partial charge in [0.05, 0.1) is 6.54 Å². The zero-order valence-corrected chi connectivity index (χ0v) is 13.5. The van der Waals surface area contributed by atoms with E-state index in [0.29, 0.717) is 6.54 Å². The molecule has 1 amide bonds. The SMILES string of the molecule is C=CCCCN(C)C(=NC)NCC(=O)NCc1ccccc1. The third-order valence-corrected chi connectivity index (χ3v) is 3.21. The number of benzene rings is 1. The maximum Gasteiger partial charge on any atom is 0.239 e. The third kappa shape index (κ3) is 6.92. The number of nitrogens with zero attached hydrogens (tertiary/aromatic N) is 2. The summed E-state index contributed by atoms with van der Waals surface area (Å²) in [7, 11) is 3.68. The third-order valence-electron chi connectivity index (χ3n) is 3.21. The molecule has 0 saturated heterocycles. The Labute approximate surface area is 133 Å². The molecule has 0 bridgehead atoms. The molecule has 1 rings (SSSR count). The first-order valence-electron chi connectivity index (χ1n) is 7.50. The largest absolute Gasteiger partial charge is 0.350 e. The summed E-state index contributed by atoms with van der Waals surface area (Å²) in [6, 6.07) is 9.85. The first-order valence-corrected chi connectivity index (χ1v) is 7.50. The lowest BCUT2D eigenvalue weighted by molar-refractivity contribution is -0.120. The molecule has 0 fully saturated rings. The first kappa shape index (κ1) is 17.8. The second-order valence-corrected chi connectivity index (χ2v) is 5.02. The molecule has 5 heteroatoms. The van der Waals surface area contributed by atoms with Crippen LogP contribution in [0.2, 0.25) is 0 Å². The number of allylic oxidation sites excluding steroid dienone is 1. The van der Waals surface area contributed by atoms with Gasteiger partial charge in [0.25, 0.3) is 0 Å². The van der Waals surface area contributed by atoms with Gasteiger partial charge < -0.3 is 15.5 Å². The van der Waals surface area contributed by atoms with Crippen LogP contribution in [0.25, 0.3) is 0 Å². The fourth-order valence-corrected chi connectivity index (χ4v) is 1.98. The fraction of sp³-hybridized carbons (Fsp3) is 0.412. The molecule has 0 unspecified atom stereocenters. The Bertz CT molecular complexity index is 485. The summed E-state index contributed by atoms with van der Waals surface area (Å²) in [5, 5.41) is 5.95. The van der Waals surface area contributed by atoms with Gasteiger partial charge in [0.15, 0.2) is 5.96 Å². The topological polar surface area (TPSA) is 56.7 Å². The van der Waals surface area contributed by atoms with Crippen molar-refractivity contribution in [1.82, 2.24) is 15.5 Å². The molecule has 1 aromatic rings. The maximum absolute atomic E-state index is 11.9. The summed E-state index contributed by atoms with van der Waals surface area (Å²) in [6.45, 7) is 5.33. The van der Waals surface area contributed by atoms with Crippen molar-refractivity contribution in [2.75, 3.05) is 27.2 Å². The molecule has 0 heterocycles. The number of aliphatic imine (C=N–C) groups is 1. The summed E-state index contributed by atoms with van der Waals surface area (Å²) in [4.78, 5) is 18.0. The van der Waals surface area contributed by atoms with Gasteiger partial charge in [0, 0.05) is 27.2 Å². The minimum atomic E-state index is -0.0514. The van der Waals surface area contributed by atoms with Gasteiger partial charge in [-0.05, 0) is 18.4 Å².